The first-order valence-corrected chi connectivity index (χ1v) is 7.11. The quantitative estimate of drug-likeness (QED) is 0.810. The number of hydrogen-bond donors (Lipinski definition) is 2. The minimum absolute atomic E-state index is 0.826. The van der Waals surface area contributed by atoms with E-state index in [1.165, 1.54) is 35.7 Å². The molecule has 1 saturated carbocycles. The van der Waals surface area contributed by atoms with E-state index in [1.807, 2.05) is 0 Å². The molecule has 0 aliphatic heterocycles. The third kappa shape index (κ3) is 2.72. The highest BCUT2D eigenvalue weighted by atomic mass is 79.9. The molecular weight excluding hydrogens is 276 g/mol. The molecule has 2 aromatic rings. The third-order valence-electron chi connectivity index (χ3n) is 3.36. The first-order chi connectivity index (χ1) is 8.33. The van der Waals surface area contributed by atoms with Gasteiger partial charge >= 0.3 is 0 Å². The summed E-state index contributed by atoms with van der Waals surface area (Å²) < 4.78 is 1.15. The second kappa shape index (κ2) is 4.83. The Labute approximate surface area is 110 Å². The monoisotopic (exact) mass is 292 g/mol. The lowest BCUT2D eigenvalue weighted by atomic mass is 10.1. The first-order valence-electron chi connectivity index (χ1n) is 6.32. The third-order valence-corrected chi connectivity index (χ3v) is 3.86. The molecule has 0 amide bonds. The zero-order chi connectivity index (χ0) is 11.7. The topological polar surface area (TPSA) is 27.8 Å². The number of benzene rings is 1. The zero-order valence-electron chi connectivity index (χ0n) is 9.80. The molecule has 2 N–H and O–H groups in total. The van der Waals surface area contributed by atoms with Crippen LogP contribution in [-0.4, -0.2) is 17.6 Å². The van der Waals surface area contributed by atoms with Crippen LogP contribution in [0, 0.1) is 0 Å². The van der Waals surface area contributed by atoms with Crippen molar-refractivity contribution >= 4 is 26.8 Å². The van der Waals surface area contributed by atoms with E-state index in [2.05, 4.69) is 50.6 Å². The van der Waals surface area contributed by atoms with Crippen molar-refractivity contribution in [1.82, 2.24) is 10.3 Å². The van der Waals surface area contributed by atoms with Crippen LogP contribution >= 0.6 is 15.9 Å². The normalized spacial score (nSPS) is 15.6. The SMILES string of the molecule is Brc1ccc2[nH]cc(CCCNC3CC3)c2c1. The average molecular weight is 293 g/mol. The van der Waals surface area contributed by atoms with Gasteiger partial charge in [0.15, 0.2) is 0 Å². The van der Waals surface area contributed by atoms with E-state index < -0.39 is 0 Å². The summed E-state index contributed by atoms with van der Waals surface area (Å²) in [6.07, 6.45) is 7.26. The molecule has 1 aromatic carbocycles. The van der Waals surface area contributed by atoms with Gasteiger partial charge in [-0.25, -0.2) is 0 Å². The number of fused-ring (bicyclic) bond motifs is 1. The summed E-state index contributed by atoms with van der Waals surface area (Å²) >= 11 is 3.53. The van der Waals surface area contributed by atoms with E-state index >= 15 is 0 Å². The Kier molecular flexibility index (Phi) is 3.21. The van der Waals surface area contributed by atoms with Gasteiger partial charge in [0.05, 0.1) is 0 Å². The van der Waals surface area contributed by atoms with Gasteiger partial charge in [0, 0.05) is 27.6 Å². The Hall–Kier alpha value is -0.800. The van der Waals surface area contributed by atoms with Gasteiger partial charge in [-0.15, -0.1) is 0 Å². The van der Waals surface area contributed by atoms with Gasteiger partial charge in [-0.05, 0) is 56.0 Å². The van der Waals surface area contributed by atoms with Crippen LogP contribution in [0.4, 0.5) is 0 Å². The number of aryl methyl sites for hydroxylation is 1. The molecule has 0 spiro atoms. The number of H-pyrrole nitrogens is 1. The molecule has 1 aromatic heterocycles. The van der Waals surface area contributed by atoms with Crippen LogP contribution in [0.1, 0.15) is 24.8 Å². The predicted octanol–water partition coefficient (Wildman–Crippen LogP) is 3.62. The molecule has 1 heterocycles. The van der Waals surface area contributed by atoms with Crippen molar-refractivity contribution in [2.75, 3.05) is 6.54 Å². The smallest absolute Gasteiger partial charge is 0.0457 e. The molecule has 1 fully saturated rings. The lowest BCUT2D eigenvalue weighted by molar-refractivity contribution is 0.646. The van der Waals surface area contributed by atoms with Crippen molar-refractivity contribution in [3.63, 3.8) is 0 Å². The molecule has 0 atom stereocenters. The molecule has 1 aliphatic rings. The highest BCUT2D eigenvalue weighted by molar-refractivity contribution is 9.10. The summed E-state index contributed by atoms with van der Waals surface area (Å²) in [5.74, 6) is 0. The van der Waals surface area contributed by atoms with Gasteiger partial charge in [-0.2, -0.15) is 0 Å². The number of nitrogens with one attached hydrogen (secondary N) is 2. The van der Waals surface area contributed by atoms with Crippen molar-refractivity contribution in [3.8, 4) is 0 Å². The van der Waals surface area contributed by atoms with Gasteiger partial charge < -0.3 is 10.3 Å². The van der Waals surface area contributed by atoms with Crippen molar-refractivity contribution in [2.24, 2.45) is 0 Å². The maximum atomic E-state index is 3.56. The van der Waals surface area contributed by atoms with E-state index in [-0.39, 0.29) is 0 Å². The number of aromatic nitrogens is 1. The lowest BCUT2D eigenvalue weighted by Crippen LogP contribution is -2.17. The molecule has 0 bridgehead atoms. The van der Waals surface area contributed by atoms with E-state index in [4.69, 9.17) is 0 Å². The Morgan fingerprint density at radius 2 is 2.24 bits per heavy atom. The van der Waals surface area contributed by atoms with Crippen LogP contribution in [0.25, 0.3) is 10.9 Å². The molecule has 0 unspecified atom stereocenters. The van der Waals surface area contributed by atoms with E-state index in [9.17, 15) is 0 Å². The summed E-state index contributed by atoms with van der Waals surface area (Å²) in [5, 5.41) is 4.91. The van der Waals surface area contributed by atoms with Gasteiger partial charge in [0.2, 0.25) is 0 Å². The Morgan fingerprint density at radius 3 is 3.06 bits per heavy atom. The Bertz CT molecular complexity index is 514. The van der Waals surface area contributed by atoms with E-state index in [0.717, 1.165) is 23.5 Å². The highest BCUT2D eigenvalue weighted by Crippen LogP contribution is 2.23. The largest absolute Gasteiger partial charge is 0.361 e. The number of rotatable bonds is 5. The standard InChI is InChI=1S/C14H17BrN2/c15-11-3-6-14-13(8-11)10(9-17-14)2-1-7-16-12-4-5-12/h3,6,8-9,12,16-17H,1-2,4-5,7H2. The Morgan fingerprint density at radius 1 is 1.35 bits per heavy atom. The maximum absolute atomic E-state index is 3.56. The Balaban J connectivity index is 1.64. The maximum Gasteiger partial charge on any atom is 0.0457 e. The predicted molar refractivity (Wildman–Crippen MR) is 75.3 cm³/mol. The molecule has 2 nitrogen and oxygen atoms in total. The van der Waals surface area contributed by atoms with Crippen molar-refractivity contribution in [3.05, 3.63) is 34.4 Å². The van der Waals surface area contributed by atoms with E-state index in [0.29, 0.717) is 0 Å². The molecule has 3 heteroatoms. The fourth-order valence-electron chi connectivity index (χ4n) is 2.23. The summed E-state index contributed by atoms with van der Waals surface area (Å²) in [6, 6.07) is 7.24. The van der Waals surface area contributed by atoms with Crippen LogP contribution in [0.15, 0.2) is 28.9 Å². The van der Waals surface area contributed by atoms with Crippen molar-refractivity contribution in [1.29, 1.82) is 0 Å². The van der Waals surface area contributed by atoms with Gasteiger partial charge in [-0.1, -0.05) is 15.9 Å². The van der Waals surface area contributed by atoms with Crippen molar-refractivity contribution in [2.45, 2.75) is 31.7 Å². The fraction of sp³-hybridized carbons (Fsp3) is 0.429. The van der Waals surface area contributed by atoms with Gasteiger partial charge in [0.25, 0.3) is 0 Å². The lowest BCUT2D eigenvalue weighted by Gasteiger charge is -2.02. The van der Waals surface area contributed by atoms with Crippen LogP contribution in [0.3, 0.4) is 0 Å². The molecule has 3 rings (SSSR count). The second-order valence-electron chi connectivity index (χ2n) is 4.84. The second-order valence-corrected chi connectivity index (χ2v) is 5.75. The van der Waals surface area contributed by atoms with Gasteiger partial charge in [0.1, 0.15) is 0 Å². The summed E-state index contributed by atoms with van der Waals surface area (Å²) in [7, 11) is 0. The van der Waals surface area contributed by atoms with E-state index in [1.54, 1.807) is 0 Å². The molecule has 1 aliphatic carbocycles. The number of aromatic amines is 1. The van der Waals surface area contributed by atoms with Crippen molar-refractivity contribution < 1.29 is 0 Å². The molecule has 90 valence electrons. The highest BCUT2D eigenvalue weighted by Gasteiger charge is 2.19. The molecular formula is C14H17BrN2. The van der Waals surface area contributed by atoms with Crippen LogP contribution in [0.5, 0.6) is 0 Å². The average Bonchev–Trinajstić information content (AvgIpc) is 3.07. The molecule has 17 heavy (non-hydrogen) atoms. The minimum atomic E-state index is 0.826. The van der Waals surface area contributed by atoms with Crippen LogP contribution < -0.4 is 5.32 Å². The zero-order valence-corrected chi connectivity index (χ0v) is 11.4. The van der Waals surface area contributed by atoms with Gasteiger partial charge in [-0.3, -0.25) is 0 Å². The summed E-state index contributed by atoms with van der Waals surface area (Å²) in [4.78, 5) is 3.34. The van der Waals surface area contributed by atoms with Crippen LogP contribution in [0.2, 0.25) is 0 Å². The summed E-state index contributed by atoms with van der Waals surface area (Å²) in [5.41, 5.74) is 2.66. The molecule has 0 saturated heterocycles. The van der Waals surface area contributed by atoms with Crippen LogP contribution in [-0.2, 0) is 6.42 Å². The number of halogens is 1. The minimum Gasteiger partial charge on any atom is -0.361 e. The molecule has 0 radical (unpaired) electrons. The first kappa shape index (κ1) is 11.3. The summed E-state index contributed by atoms with van der Waals surface area (Å²) in [6.45, 7) is 1.14. The number of hydrogen-bond acceptors (Lipinski definition) is 1. The fourth-order valence-corrected chi connectivity index (χ4v) is 2.59.